The number of nitrogens with zero attached hydrogens (tertiary/aromatic N) is 3. The highest BCUT2D eigenvalue weighted by atomic mass is 15.3. The second kappa shape index (κ2) is 3.89. The van der Waals surface area contributed by atoms with Gasteiger partial charge in [0.25, 0.3) is 0 Å². The van der Waals surface area contributed by atoms with Gasteiger partial charge in [-0.05, 0) is 31.3 Å². The van der Waals surface area contributed by atoms with Crippen molar-refractivity contribution in [3.8, 4) is 5.69 Å². The van der Waals surface area contributed by atoms with Gasteiger partial charge in [0.05, 0.1) is 11.9 Å². The van der Waals surface area contributed by atoms with Crippen molar-refractivity contribution in [2.75, 3.05) is 19.3 Å². The summed E-state index contributed by atoms with van der Waals surface area (Å²) in [6.45, 7) is 2.08. The molecule has 3 rings (SSSR count). The standard InChI is InChI=1S/C13H16N4/c1-16-7-6-13-10(9-16)8-15-17(13)12-4-2-11(14)3-5-12/h2-5,8H,6-7,9,14H2,1H3. The van der Waals surface area contributed by atoms with Crippen molar-refractivity contribution in [1.29, 1.82) is 0 Å². The maximum absolute atomic E-state index is 5.70. The van der Waals surface area contributed by atoms with Crippen molar-refractivity contribution in [2.45, 2.75) is 13.0 Å². The highest BCUT2D eigenvalue weighted by Gasteiger charge is 2.18. The summed E-state index contributed by atoms with van der Waals surface area (Å²) in [5.41, 5.74) is 10.2. The SMILES string of the molecule is CN1CCc2c(cnn2-c2ccc(N)cc2)C1. The van der Waals surface area contributed by atoms with Gasteiger partial charge in [0, 0.05) is 36.5 Å². The number of nitrogen functional groups attached to an aromatic ring is 1. The molecule has 0 saturated carbocycles. The fourth-order valence-electron chi connectivity index (χ4n) is 2.31. The van der Waals surface area contributed by atoms with E-state index >= 15 is 0 Å². The Hall–Kier alpha value is -1.81. The van der Waals surface area contributed by atoms with Crippen LogP contribution in [0.25, 0.3) is 5.69 Å². The van der Waals surface area contributed by atoms with Gasteiger partial charge in [0.2, 0.25) is 0 Å². The third-order valence-corrected chi connectivity index (χ3v) is 3.26. The molecule has 0 aliphatic carbocycles. The highest BCUT2D eigenvalue weighted by molar-refractivity contribution is 5.45. The summed E-state index contributed by atoms with van der Waals surface area (Å²) in [6, 6.07) is 7.86. The monoisotopic (exact) mass is 228 g/mol. The average molecular weight is 228 g/mol. The molecule has 2 heterocycles. The zero-order valence-corrected chi connectivity index (χ0v) is 9.93. The molecule has 0 unspecified atom stereocenters. The maximum Gasteiger partial charge on any atom is 0.0650 e. The molecule has 0 spiro atoms. The van der Waals surface area contributed by atoms with Crippen LogP contribution in [0, 0.1) is 0 Å². The number of hydrogen-bond acceptors (Lipinski definition) is 3. The Kier molecular flexibility index (Phi) is 2.37. The molecular weight excluding hydrogens is 212 g/mol. The lowest BCUT2D eigenvalue weighted by atomic mass is 10.1. The van der Waals surface area contributed by atoms with E-state index in [-0.39, 0.29) is 0 Å². The molecule has 1 aromatic carbocycles. The number of anilines is 1. The van der Waals surface area contributed by atoms with Gasteiger partial charge in [-0.3, -0.25) is 0 Å². The fraction of sp³-hybridized carbons (Fsp3) is 0.308. The summed E-state index contributed by atoms with van der Waals surface area (Å²) in [5.74, 6) is 0. The van der Waals surface area contributed by atoms with E-state index in [0.29, 0.717) is 0 Å². The van der Waals surface area contributed by atoms with Crippen LogP contribution in [-0.2, 0) is 13.0 Å². The third-order valence-electron chi connectivity index (χ3n) is 3.26. The predicted molar refractivity (Wildman–Crippen MR) is 68.0 cm³/mol. The molecule has 1 aliphatic heterocycles. The predicted octanol–water partition coefficient (Wildman–Crippen LogP) is 1.44. The van der Waals surface area contributed by atoms with Gasteiger partial charge in [0.1, 0.15) is 0 Å². The van der Waals surface area contributed by atoms with Gasteiger partial charge < -0.3 is 10.6 Å². The Morgan fingerprint density at radius 1 is 1.24 bits per heavy atom. The number of rotatable bonds is 1. The normalized spacial score (nSPS) is 15.8. The van der Waals surface area contributed by atoms with Crippen LogP contribution in [-0.4, -0.2) is 28.3 Å². The molecule has 2 aromatic rings. The van der Waals surface area contributed by atoms with Crippen LogP contribution < -0.4 is 5.73 Å². The zero-order valence-electron chi connectivity index (χ0n) is 9.93. The van der Waals surface area contributed by atoms with Crippen LogP contribution in [0.5, 0.6) is 0 Å². The van der Waals surface area contributed by atoms with Crippen molar-refractivity contribution in [3.63, 3.8) is 0 Å². The molecule has 17 heavy (non-hydrogen) atoms. The van der Waals surface area contributed by atoms with Crippen LogP contribution in [0.3, 0.4) is 0 Å². The average Bonchev–Trinajstić information content (AvgIpc) is 2.73. The number of aromatic nitrogens is 2. The minimum atomic E-state index is 0.787. The summed E-state index contributed by atoms with van der Waals surface area (Å²) >= 11 is 0. The highest BCUT2D eigenvalue weighted by Crippen LogP contribution is 2.21. The molecule has 0 bridgehead atoms. The van der Waals surface area contributed by atoms with E-state index in [4.69, 9.17) is 5.73 Å². The van der Waals surface area contributed by atoms with E-state index in [2.05, 4.69) is 17.0 Å². The number of hydrogen-bond donors (Lipinski definition) is 1. The minimum Gasteiger partial charge on any atom is -0.399 e. The van der Waals surface area contributed by atoms with Gasteiger partial charge in [-0.25, -0.2) is 4.68 Å². The van der Waals surface area contributed by atoms with E-state index < -0.39 is 0 Å². The largest absolute Gasteiger partial charge is 0.399 e. The second-order valence-corrected chi connectivity index (χ2v) is 4.61. The lowest BCUT2D eigenvalue weighted by Gasteiger charge is -2.22. The van der Waals surface area contributed by atoms with Gasteiger partial charge in [0.15, 0.2) is 0 Å². The number of fused-ring (bicyclic) bond motifs is 1. The Balaban J connectivity index is 2.02. The van der Waals surface area contributed by atoms with Crippen LogP contribution in [0.15, 0.2) is 30.5 Å². The van der Waals surface area contributed by atoms with E-state index in [1.165, 1.54) is 11.3 Å². The number of benzene rings is 1. The summed E-state index contributed by atoms with van der Waals surface area (Å²) in [6.07, 6.45) is 3.03. The Morgan fingerprint density at radius 2 is 2.00 bits per heavy atom. The summed E-state index contributed by atoms with van der Waals surface area (Å²) in [7, 11) is 2.14. The van der Waals surface area contributed by atoms with Crippen LogP contribution in [0.4, 0.5) is 5.69 Å². The molecule has 2 N–H and O–H groups in total. The quantitative estimate of drug-likeness (QED) is 0.751. The number of nitrogens with two attached hydrogens (primary N) is 1. The lowest BCUT2D eigenvalue weighted by molar-refractivity contribution is 0.310. The minimum absolute atomic E-state index is 0.787. The maximum atomic E-state index is 5.70. The van der Waals surface area contributed by atoms with Gasteiger partial charge in [-0.1, -0.05) is 0 Å². The fourth-order valence-corrected chi connectivity index (χ4v) is 2.31. The molecule has 0 atom stereocenters. The zero-order chi connectivity index (χ0) is 11.8. The first-order chi connectivity index (χ1) is 8.24. The van der Waals surface area contributed by atoms with Gasteiger partial charge in [-0.2, -0.15) is 5.10 Å². The smallest absolute Gasteiger partial charge is 0.0650 e. The molecular formula is C13H16N4. The van der Waals surface area contributed by atoms with E-state index in [1.807, 2.05) is 35.1 Å². The summed E-state index contributed by atoms with van der Waals surface area (Å²) in [5, 5.41) is 4.48. The van der Waals surface area contributed by atoms with Crippen molar-refractivity contribution in [1.82, 2.24) is 14.7 Å². The molecule has 0 saturated heterocycles. The van der Waals surface area contributed by atoms with Gasteiger partial charge >= 0.3 is 0 Å². The lowest BCUT2D eigenvalue weighted by Crippen LogP contribution is -2.27. The van der Waals surface area contributed by atoms with Gasteiger partial charge in [-0.15, -0.1) is 0 Å². The first-order valence-electron chi connectivity index (χ1n) is 5.84. The summed E-state index contributed by atoms with van der Waals surface area (Å²) in [4.78, 5) is 2.32. The first kappa shape index (κ1) is 10.4. The van der Waals surface area contributed by atoms with Crippen LogP contribution in [0.1, 0.15) is 11.3 Å². The topological polar surface area (TPSA) is 47.1 Å². The van der Waals surface area contributed by atoms with Crippen molar-refractivity contribution < 1.29 is 0 Å². The molecule has 0 radical (unpaired) electrons. The first-order valence-corrected chi connectivity index (χ1v) is 5.84. The van der Waals surface area contributed by atoms with Crippen molar-refractivity contribution >= 4 is 5.69 Å². The Morgan fingerprint density at radius 3 is 2.76 bits per heavy atom. The molecule has 0 amide bonds. The molecule has 1 aromatic heterocycles. The molecule has 1 aliphatic rings. The molecule has 88 valence electrons. The summed E-state index contributed by atoms with van der Waals surface area (Å²) < 4.78 is 2.03. The Labute approximate surface area is 101 Å². The van der Waals surface area contributed by atoms with Crippen LogP contribution >= 0.6 is 0 Å². The van der Waals surface area contributed by atoms with E-state index in [9.17, 15) is 0 Å². The second-order valence-electron chi connectivity index (χ2n) is 4.61. The number of likely N-dealkylation sites (N-methyl/N-ethyl adjacent to an activating group) is 1. The van der Waals surface area contributed by atoms with E-state index in [0.717, 1.165) is 30.9 Å². The molecule has 4 heteroatoms. The van der Waals surface area contributed by atoms with Crippen molar-refractivity contribution in [3.05, 3.63) is 41.7 Å². The van der Waals surface area contributed by atoms with Crippen molar-refractivity contribution in [2.24, 2.45) is 0 Å². The third kappa shape index (κ3) is 1.80. The molecule has 4 nitrogen and oxygen atoms in total. The molecule has 0 fully saturated rings. The Bertz CT molecular complexity index is 527. The van der Waals surface area contributed by atoms with Crippen LogP contribution in [0.2, 0.25) is 0 Å². The van der Waals surface area contributed by atoms with E-state index in [1.54, 1.807) is 0 Å².